The van der Waals surface area contributed by atoms with E-state index in [2.05, 4.69) is 41.7 Å². The van der Waals surface area contributed by atoms with Crippen LogP contribution in [-0.4, -0.2) is 35.9 Å². The lowest BCUT2D eigenvalue weighted by Crippen LogP contribution is -2.44. The molecule has 0 saturated carbocycles. The summed E-state index contributed by atoms with van der Waals surface area (Å²) < 4.78 is 5.26. The maximum absolute atomic E-state index is 10.8. The third kappa shape index (κ3) is 4.32. The van der Waals surface area contributed by atoms with Crippen molar-refractivity contribution in [3.05, 3.63) is 65.7 Å². The molecule has 24 heavy (non-hydrogen) atoms. The minimum atomic E-state index is -0.593. The van der Waals surface area contributed by atoms with Crippen LogP contribution in [0.2, 0.25) is 0 Å². The van der Waals surface area contributed by atoms with Crippen molar-refractivity contribution < 1.29 is 9.84 Å². The Hall–Kier alpha value is -1.49. The maximum Gasteiger partial charge on any atom is 0.118 e. The summed E-state index contributed by atoms with van der Waals surface area (Å²) in [7, 11) is 1.68. The average Bonchev–Trinajstić information content (AvgIpc) is 2.64. The number of hydrogen-bond donors (Lipinski definition) is 2. The molecule has 1 saturated heterocycles. The largest absolute Gasteiger partial charge is 0.497 e. The number of ether oxygens (including phenoxy) is 1. The SMILES string of the molecule is COc1ccc(C(NCC2(O)CCSCC2)c2ccccc2)cc1. The average molecular weight is 343 g/mol. The van der Waals surface area contributed by atoms with E-state index >= 15 is 0 Å². The first-order chi connectivity index (χ1) is 11.7. The third-order valence-corrected chi connectivity index (χ3v) is 5.63. The van der Waals surface area contributed by atoms with Gasteiger partial charge in [-0.1, -0.05) is 42.5 Å². The van der Waals surface area contributed by atoms with E-state index in [9.17, 15) is 5.11 Å². The van der Waals surface area contributed by atoms with Gasteiger partial charge < -0.3 is 15.2 Å². The Morgan fingerprint density at radius 1 is 1.04 bits per heavy atom. The number of benzene rings is 2. The minimum Gasteiger partial charge on any atom is -0.497 e. The van der Waals surface area contributed by atoms with Gasteiger partial charge >= 0.3 is 0 Å². The molecule has 0 amide bonds. The standard InChI is InChI=1S/C20H25NO2S/c1-23-18-9-7-17(8-10-18)19(16-5-3-2-4-6-16)21-15-20(22)11-13-24-14-12-20/h2-10,19,21-22H,11-15H2,1H3. The van der Waals surface area contributed by atoms with Crippen LogP contribution in [0.5, 0.6) is 5.75 Å². The molecule has 0 radical (unpaired) electrons. The van der Waals surface area contributed by atoms with Gasteiger partial charge in [-0.25, -0.2) is 0 Å². The minimum absolute atomic E-state index is 0.0655. The van der Waals surface area contributed by atoms with Crippen LogP contribution < -0.4 is 10.1 Å². The first-order valence-electron chi connectivity index (χ1n) is 8.43. The van der Waals surface area contributed by atoms with E-state index in [-0.39, 0.29) is 6.04 Å². The summed E-state index contributed by atoms with van der Waals surface area (Å²) in [4.78, 5) is 0. The van der Waals surface area contributed by atoms with Crippen molar-refractivity contribution in [3.63, 3.8) is 0 Å². The second kappa shape index (κ2) is 8.06. The molecule has 4 heteroatoms. The highest BCUT2D eigenvalue weighted by molar-refractivity contribution is 7.99. The lowest BCUT2D eigenvalue weighted by Gasteiger charge is -2.34. The van der Waals surface area contributed by atoms with Crippen molar-refractivity contribution in [2.24, 2.45) is 0 Å². The van der Waals surface area contributed by atoms with Crippen molar-refractivity contribution >= 4 is 11.8 Å². The molecule has 0 bridgehead atoms. The quantitative estimate of drug-likeness (QED) is 0.840. The first-order valence-corrected chi connectivity index (χ1v) is 9.58. The molecule has 3 nitrogen and oxygen atoms in total. The molecule has 1 heterocycles. The second-order valence-electron chi connectivity index (χ2n) is 6.33. The molecular weight excluding hydrogens is 318 g/mol. The highest BCUT2D eigenvalue weighted by atomic mass is 32.2. The van der Waals surface area contributed by atoms with E-state index in [4.69, 9.17) is 4.74 Å². The molecule has 1 aliphatic rings. The summed E-state index contributed by atoms with van der Waals surface area (Å²) in [5, 5.41) is 14.4. The van der Waals surface area contributed by atoms with E-state index in [1.807, 2.05) is 30.0 Å². The van der Waals surface area contributed by atoms with Crippen LogP contribution in [0, 0.1) is 0 Å². The molecule has 0 spiro atoms. The summed E-state index contributed by atoms with van der Waals surface area (Å²) in [6.07, 6.45) is 1.71. The van der Waals surface area contributed by atoms with E-state index in [1.165, 1.54) is 11.1 Å². The molecule has 2 aromatic carbocycles. The summed E-state index contributed by atoms with van der Waals surface area (Å²) >= 11 is 1.93. The van der Waals surface area contributed by atoms with Crippen molar-refractivity contribution in [1.82, 2.24) is 5.32 Å². The predicted molar refractivity (Wildman–Crippen MR) is 101 cm³/mol. The molecule has 3 rings (SSSR count). The Morgan fingerprint density at radius 3 is 2.29 bits per heavy atom. The molecule has 1 unspecified atom stereocenters. The Labute approximate surface area is 148 Å². The summed E-state index contributed by atoms with van der Waals surface area (Å²) in [6.45, 7) is 0.610. The van der Waals surface area contributed by atoms with Crippen LogP contribution in [0.1, 0.15) is 30.0 Å². The molecular formula is C20H25NO2S. The zero-order chi connectivity index (χ0) is 16.8. The van der Waals surface area contributed by atoms with E-state index < -0.39 is 5.60 Å². The smallest absolute Gasteiger partial charge is 0.118 e. The van der Waals surface area contributed by atoms with Gasteiger partial charge in [0.1, 0.15) is 5.75 Å². The monoisotopic (exact) mass is 343 g/mol. The Kier molecular flexibility index (Phi) is 5.82. The third-order valence-electron chi connectivity index (χ3n) is 4.64. The zero-order valence-corrected chi connectivity index (χ0v) is 14.9. The van der Waals surface area contributed by atoms with Gasteiger partial charge in [0.15, 0.2) is 0 Å². The van der Waals surface area contributed by atoms with Crippen molar-refractivity contribution in [2.75, 3.05) is 25.2 Å². The lowest BCUT2D eigenvalue weighted by atomic mass is 9.94. The Morgan fingerprint density at radius 2 is 1.67 bits per heavy atom. The zero-order valence-electron chi connectivity index (χ0n) is 14.1. The molecule has 0 aromatic heterocycles. The second-order valence-corrected chi connectivity index (χ2v) is 7.56. The van der Waals surface area contributed by atoms with Gasteiger partial charge in [-0.3, -0.25) is 0 Å². The van der Waals surface area contributed by atoms with Crippen LogP contribution in [-0.2, 0) is 0 Å². The molecule has 2 aromatic rings. The number of hydrogen-bond acceptors (Lipinski definition) is 4. The number of aliphatic hydroxyl groups is 1. The molecule has 0 aliphatic carbocycles. The van der Waals surface area contributed by atoms with Gasteiger partial charge in [0, 0.05) is 6.54 Å². The molecule has 1 atom stereocenters. The van der Waals surface area contributed by atoms with Gasteiger partial charge in [0.05, 0.1) is 18.8 Å². The normalized spacial score (nSPS) is 18.1. The van der Waals surface area contributed by atoms with Gasteiger partial charge in [-0.2, -0.15) is 11.8 Å². The fourth-order valence-corrected chi connectivity index (χ4v) is 4.34. The number of nitrogens with one attached hydrogen (secondary N) is 1. The van der Waals surface area contributed by atoms with Crippen LogP contribution in [0.25, 0.3) is 0 Å². The number of rotatable bonds is 6. The fraction of sp³-hybridized carbons (Fsp3) is 0.400. The molecule has 1 fully saturated rings. The van der Waals surface area contributed by atoms with Crippen molar-refractivity contribution in [1.29, 1.82) is 0 Å². The summed E-state index contributed by atoms with van der Waals surface area (Å²) in [6, 6.07) is 18.6. The highest BCUT2D eigenvalue weighted by Crippen LogP contribution is 2.29. The Balaban J connectivity index is 1.79. The van der Waals surface area contributed by atoms with Crippen LogP contribution in [0.15, 0.2) is 54.6 Å². The highest BCUT2D eigenvalue weighted by Gasteiger charge is 2.30. The lowest BCUT2D eigenvalue weighted by molar-refractivity contribution is 0.0306. The fourth-order valence-electron chi connectivity index (χ4n) is 3.09. The predicted octanol–water partition coefficient (Wildman–Crippen LogP) is 3.63. The summed E-state index contributed by atoms with van der Waals surface area (Å²) in [5.74, 6) is 2.93. The Bertz CT molecular complexity index is 624. The van der Waals surface area contributed by atoms with Gasteiger partial charge in [0.25, 0.3) is 0 Å². The van der Waals surface area contributed by atoms with Crippen molar-refractivity contribution in [2.45, 2.75) is 24.5 Å². The molecule has 128 valence electrons. The van der Waals surface area contributed by atoms with Gasteiger partial charge in [0.2, 0.25) is 0 Å². The topological polar surface area (TPSA) is 41.5 Å². The van der Waals surface area contributed by atoms with Crippen LogP contribution in [0.4, 0.5) is 0 Å². The maximum atomic E-state index is 10.8. The number of thioether (sulfide) groups is 1. The van der Waals surface area contributed by atoms with Gasteiger partial charge in [-0.15, -0.1) is 0 Å². The first kappa shape index (κ1) is 17.3. The van der Waals surface area contributed by atoms with E-state index in [0.717, 1.165) is 30.1 Å². The molecule has 2 N–H and O–H groups in total. The van der Waals surface area contributed by atoms with Crippen LogP contribution in [0.3, 0.4) is 0 Å². The van der Waals surface area contributed by atoms with Crippen molar-refractivity contribution in [3.8, 4) is 5.75 Å². The summed E-state index contributed by atoms with van der Waals surface area (Å²) in [5.41, 5.74) is 1.79. The van der Waals surface area contributed by atoms with E-state index in [1.54, 1.807) is 7.11 Å². The van der Waals surface area contributed by atoms with Crippen LogP contribution >= 0.6 is 11.8 Å². The molecule has 1 aliphatic heterocycles. The van der Waals surface area contributed by atoms with Gasteiger partial charge in [-0.05, 0) is 47.6 Å². The van der Waals surface area contributed by atoms with E-state index in [0.29, 0.717) is 6.54 Å². The number of methoxy groups -OCH3 is 1.